The topological polar surface area (TPSA) is 29.5 Å². The minimum atomic E-state index is -0.224. The van der Waals surface area contributed by atoms with Gasteiger partial charge in [-0.15, -0.1) is 11.6 Å². The molecule has 1 atom stereocenters. The maximum atomic E-state index is 9.29. The second kappa shape index (κ2) is 4.64. The summed E-state index contributed by atoms with van der Waals surface area (Å²) >= 11 is 6.28. The zero-order valence-corrected chi connectivity index (χ0v) is 10.2. The molecule has 0 heterocycles. The number of aliphatic hydroxyl groups is 1. The fourth-order valence-electron chi connectivity index (χ4n) is 2.54. The summed E-state index contributed by atoms with van der Waals surface area (Å²) in [6.45, 7) is 0.0135. The molecule has 1 aliphatic carbocycles. The van der Waals surface area contributed by atoms with E-state index in [0.29, 0.717) is 0 Å². The number of ether oxygens (including phenoxy) is 1. The maximum absolute atomic E-state index is 9.29. The molecule has 1 N–H and O–H groups in total. The molecule has 1 aromatic carbocycles. The van der Waals surface area contributed by atoms with Crippen molar-refractivity contribution in [3.63, 3.8) is 0 Å². The summed E-state index contributed by atoms with van der Waals surface area (Å²) in [6.07, 6.45) is 3.23. The smallest absolute Gasteiger partial charge is 0.122 e. The van der Waals surface area contributed by atoms with Gasteiger partial charge in [-0.25, -0.2) is 0 Å². The van der Waals surface area contributed by atoms with E-state index in [1.807, 2.05) is 18.2 Å². The molecule has 0 saturated heterocycles. The molecule has 2 rings (SSSR count). The fourth-order valence-corrected chi connectivity index (χ4v) is 2.88. The van der Waals surface area contributed by atoms with Crippen molar-refractivity contribution >= 4 is 11.6 Å². The Balaban J connectivity index is 2.40. The first-order valence-electron chi connectivity index (χ1n) is 5.63. The molecule has 0 spiro atoms. The Morgan fingerprint density at radius 3 is 2.62 bits per heavy atom. The number of alkyl halides is 1. The number of aliphatic hydroxyl groups excluding tert-OH is 1. The van der Waals surface area contributed by atoms with Crippen LogP contribution in [0.25, 0.3) is 0 Å². The summed E-state index contributed by atoms with van der Waals surface area (Å²) in [6, 6.07) is 7.97. The quantitative estimate of drug-likeness (QED) is 0.820. The van der Waals surface area contributed by atoms with Crippen molar-refractivity contribution in [2.75, 3.05) is 13.7 Å². The van der Waals surface area contributed by atoms with E-state index in [-0.39, 0.29) is 17.4 Å². The molecule has 1 fully saturated rings. The normalized spacial score (nSPS) is 19.9. The fraction of sp³-hybridized carbons (Fsp3) is 0.538. The third-order valence-corrected chi connectivity index (χ3v) is 4.20. The molecule has 2 nitrogen and oxygen atoms in total. The summed E-state index contributed by atoms with van der Waals surface area (Å²) in [5.74, 6) is 0.876. The molecule has 88 valence electrons. The van der Waals surface area contributed by atoms with Crippen LogP contribution < -0.4 is 4.74 Å². The van der Waals surface area contributed by atoms with Crippen LogP contribution in [-0.2, 0) is 5.41 Å². The summed E-state index contributed by atoms with van der Waals surface area (Å²) < 4.78 is 5.38. The van der Waals surface area contributed by atoms with E-state index in [4.69, 9.17) is 16.3 Å². The highest BCUT2D eigenvalue weighted by molar-refractivity contribution is 6.21. The number of methoxy groups -OCH3 is 1. The van der Waals surface area contributed by atoms with Crippen molar-refractivity contribution in [1.29, 1.82) is 0 Å². The van der Waals surface area contributed by atoms with Crippen molar-refractivity contribution in [1.82, 2.24) is 0 Å². The summed E-state index contributed by atoms with van der Waals surface area (Å²) in [5.41, 5.74) is 1.04. The maximum Gasteiger partial charge on any atom is 0.122 e. The molecule has 1 aromatic rings. The molecular weight excluding hydrogens is 224 g/mol. The first-order chi connectivity index (χ1) is 7.74. The van der Waals surface area contributed by atoms with Crippen molar-refractivity contribution in [3.8, 4) is 5.75 Å². The van der Waals surface area contributed by atoms with Gasteiger partial charge in [0.05, 0.1) is 19.1 Å². The highest BCUT2D eigenvalue weighted by Crippen LogP contribution is 2.51. The van der Waals surface area contributed by atoms with E-state index in [1.165, 1.54) is 6.42 Å². The van der Waals surface area contributed by atoms with Gasteiger partial charge in [0.2, 0.25) is 0 Å². The Morgan fingerprint density at radius 2 is 2.12 bits per heavy atom. The predicted molar refractivity (Wildman–Crippen MR) is 65.2 cm³/mol. The minimum Gasteiger partial charge on any atom is -0.496 e. The number of para-hydroxylation sites is 1. The third-order valence-electron chi connectivity index (χ3n) is 3.65. The molecule has 0 bridgehead atoms. The second-order valence-corrected chi connectivity index (χ2v) is 4.89. The van der Waals surface area contributed by atoms with Gasteiger partial charge in [-0.1, -0.05) is 24.6 Å². The summed E-state index contributed by atoms with van der Waals surface area (Å²) in [5, 5.41) is 9.06. The minimum absolute atomic E-state index is 0.0135. The van der Waals surface area contributed by atoms with E-state index in [9.17, 15) is 5.11 Å². The Hall–Kier alpha value is -0.730. The molecule has 16 heavy (non-hydrogen) atoms. The van der Waals surface area contributed by atoms with Crippen molar-refractivity contribution < 1.29 is 9.84 Å². The predicted octanol–water partition coefficient (Wildman–Crippen LogP) is 2.72. The van der Waals surface area contributed by atoms with Gasteiger partial charge in [0, 0.05) is 11.0 Å². The van der Waals surface area contributed by atoms with E-state index in [1.54, 1.807) is 7.11 Å². The zero-order chi connectivity index (χ0) is 11.6. The lowest BCUT2D eigenvalue weighted by Crippen LogP contribution is -2.44. The Kier molecular flexibility index (Phi) is 3.41. The van der Waals surface area contributed by atoms with E-state index in [2.05, 4.69) is 6.07 Å². The lowest BCUT2D eigenvalue weighted by Gasteiger charge is -2.45. The van der Waals surface area contributed by atoms with Crippen LogP contribution in [0.3, 0.4) is 0 Å². The van der Waals surface area contributed by atoms with E-state index < -0.39 is 0 Å². The van der Waals surface area contributed by atoms with E-state index >= 15 is 0 Å². The standard InChI is InChI=1S/C13H17ClO2/c1-16-11-6-3-2-5-10(11)13(7-4-8-13)12(14)9-15/h2-3,5-6,12,15H,4,7-9H2,1H3. The molecule has 1 aliphatic rings. The number of hydrogen-bond donors (Lipinski definition) is 1. The van der Waals surface area contributed by atoms with Gasteiger partial charge < -0.3 is 9.84 Å². The van der Waals surface area contributed by atoms with Crippen LogP contribution >= 0.6 is 11.6 Å². The largest absolute Gasteiger partial charge is 0.496 e. The Labute approximate surface area is 101 Å². The second-order valence-electron chi connectivity index (χ2n) is 4.36. The Bertz CT molecular complexity index is 361. The molecule has 0 amide bonds. The molecule has 0 aliphatic heterocycles. The monoisotopic (exact) mass is 240 g/mol. The summed E-state index contributed by atoms with van der Waals surface area (Å²) in [7, 11) is 1.67. The first-order valence-corrected chi connectivity index (χ1v) is 6.06. The third kappa shape index (κ3) is 1.70. The van der Waals surface area contributed by atoms with Crippen LogP contribution in [0.4, 0.5) is 0 Å². The van der Waals surface area contributed by atoms with Gasteiger partial charge in [-0.05, 0) is 18.9 Å². The highest BCUT2D eigenvalue weighted by Gasteiger charge is 2.46. The molecule has 1 saturated carbocycles. The number of rotatable bonds is 4. The van der Waals surface area contributed by atoms with E-state index in [0.717, 1.165) is 24.2 Å². The van der Waals surface area contributed by atoms with Gasteiger partial charge in [-0.2, -0.15) is 0 Å². The van der Waals surface area contributed by atoms with Crippen molar-refractivity contribution in [2.24, 2.45) is 0 Å². The average Bonchev–Trinajstić information content (AvgIpc) is 2.28. The molecule has 0 radical (unpaired) electrons. The average molecular weight is 241 g/mol. The highest BCUT2D eigenvalue weighted by atomic mass is 35.5. The Morgan fingerprint density at radius 1 is 1.44 bits per heavy atom. The zero-order valence-electron chi connectivity index (χ0n) is 9.45. The first kappa shape index (κ1) is 11.7. The molecule has 1 unspecified atom stereocenters. The molecule has 3 heteroatoms. The van der Waals surface area contributed by atoms with Crippen LogP contribution in [0.1, 0.15) is 24.8 Å². The lowest BCUT2D eigenvalue weighted by molar-refractivity contribution is 0.169. The number of benzene rings is 1. The van der Waals surface area contributed by atoms with Crippen molar-refractivity contribution in [2.45, 2.75) is 30.1 Å². The van der Waals surface area contributed by atoms with Gasteiger partial charge in [0.15, 0.2) is 0 Å². The van der Waals surface area contributed by atoms with Gasteiger partial charge in [0.25, 0.3) is 0 Å². The van der Waals surface area contributed by atoms with Crippen LogP contribution in [0.15, 0.2) is 24.3 Å². The van der Waals surface area contributed by atoms with Gasteiger partial charge in [0.1, 0.15) is 5.75 Å². The van der Waals surface area contributed by atoms with Crippen LogP contribution in [0.5, 0.6) is 5.75 Å². The van der Waals surface area contributed by atoms with Gasteiger partial charge >= 0.3 is 0 Å². The van der Waals surface area contributed by atoms with Crippen LogP contribution in [0.2, 0.25) is 0 Å². The molecule has 0 aromatic heterocycles. The van der Waals surface area contributed by atoms with Crippen molar-refractivity contribution in [3.05, 3.63) is 29.8 Å². The number of hydrogen-bond acceptors (Lipinski definition) is 2. The molecular formula is C13H17ClO2. The summed E-state index contributed by atoms with van der Waals surface area (Å²) in [4.78, 5) is 0. The number of halogens is 1. The van der Waals surface area contributed by atoms with Gasteiger partial charge in [-0.3, -0.25) is 0 Å². The van der Waals surface area contributed by atoms with Crippen LogP contribution in [-0.4, -0.2) is 24.2 Å². The van der Waals surface area contributed by atoms with Crippen LogP contribution in [0, 0.1) is 0 Å². The lowest BCUT2D eigenvalue weighted by atomic mass is 9.62. The SMILES string of the molecule is COc1ccccc1C1(C(Cl)CO)CCC1.